The molecule has 0 saturated heterocycles. The molecule has 3 aliphatic rings. The lowest BCUT2D eigenvalue weighted by Gasteiger charge is -2.21. The predicted octanol–water partition coefficient (Wildman–Crippen LogP) is 3.67. The molecule has 172 valence electrons. The monoisotopic (exact) mass is 448 g/mol. The van der Waals surface area contributed by atoms with Crippen LogP contribution in [0.5, 0.6) is 0 Å². The van der Waals surface area contributed by atoms with Crippen LogP contribution in [0.25, 0.3) is 11.1 Å². The zero-order valence-electron chi connectivity index (χ0n) is 18.3. The van der Waals surface area contributed by atoms with Gasteiger partial charge in [0, 0.05) is 12.0 Å². The number of nitrogens with one attached hydrogen (secondary N) is 2. The van der Waals surface area contributed by atoms with Crippen LogP contribution < -0.4 is 10.6 Å². The summed E-state index contributed by atoms with van der Waals surface area (Å²) >= 11 is 0. The molecule has 3 N–H and O–H groups in total. The number of hydrogen-bond donors (Lipinski definition) is 3. The van der Waals surface area contributed by atoms with Crippen molar-refractivity contribution in [3.63, 3.8) is 0 Å². The first kappa shape index (κ1) is 21.5. The summed E-state index contributed by atoms with van der Waals surface area (Å²) in [6, 6.07) is 15.5. The molecule has 2 fully saturated rings. The molecule has 0 bridgehead atoms. The molecule has 7 nitrogen and oxygen atoms in total. The highest BCUT2D eigenvalue weighted by Crippen LogP contribution is 2.44. The lowest BCUT2D eigenvalue weighted by molar-refractivity contribution is -0.141. The first-order valence-corrected chi connectivity index (χ1v) is 11.7. The van der Waals surface area contributed by atoms with Gasteiger partial charge in [-0.2, -0.15) is 0 Å². The summed E-state index contributed by atoms with van der Waals surface area (Å²) < 4.78 is 5.61. The number of fused-ring (bicyclic) bond motifs is 3. The highest BCUT2D eigenvalue weighted by molar-refractivity contribution is 5.87. The molecule has 2 saturated carbocycles. The van der Waals surface area contributed by atoms with Gasteiger partial charge < -0.3 is 20.5 Å². The van der Waals surface area contributed by atoms with E-state index in [2.05, 4.69) is 34.9 Å². The Kier molecular flexibility index (Phi) is 5.79. The first-order valence-electron chi connectivity index (χ1n) is 11.7. The Morgan fingerprint density at radius 1 is 0.939 bits per heavy atom. The van der Waals surface area contributed by atoms with Crippen LogP contribution in [0.3, 0.4) is 0 Å². The second-order valence-electron chi connectivity index (χ2n) is 9.34. The minimum Gasteiger partial charge on any atom is -0.481 e. The van der Waals surface area contributed by atoms with E-state index in [-0.39, 0.29) is 30.4 Å². The summed E-state index contributed by atoms with van der Waals surface area (Å²) in [5.74, 6) is -1.42. The molecular formula is C26H28N2O5. The Labute approximate surface area is 192 Å². The van der Waals surface area contributed by atoms with Gasteiger partial charge in [0.25, 0.3) is 0 Å². The SMILES string of the molecule is O=C(NC(C(=O)NC1CCC(C(=O)O)C1)C1CC1)OCC1c2ccccc2-c2ccccc21. The second-order valence-corrected chi connectivity index (χ2v) is 9.34. The summed E-state index contributed by atoms with van der Waals surface area (Å²) in [4.78, 5) is 36.7. The molecule has 3 unspecified atom stereocenters. The van der Waals surface area contributed by atoms with Crippen LogP contribution in [0.2, 0.25) is 0 Å². The van der Waals surface area contributed by atoms with Gasteiger partial charge in [0.2, 0.25) is 5.91 Å². The van der Waals surface area contributed by atoms with Crippen molar-refractivity contribution in [2.75, 3.05) is 6.61 Å². The van der Waals surface area contributed by atoms with Gasteiger partial charge in [-0.1, -0.05) is 48.5 Å². The Hall–Kier alpha value is -3.35. The molecule has 0 heterocycles. The number of alkyl carbamates (subject to hydrolysis) is 1. The highest BCUT2D eigenvalue weighted by atomic mass is 16.5. The molecule has 0 aromatic heterocycles. The Bertz CT molecular complexity index is 1030. The van der Waals surface area contributed by atoms with Crippen LogP contribution in [-0.4, -0.2) is 41.8 Å². The Balaban J connectivity index is 1.20. The van der Waals surface area contributed by atoms with Gasteiger partial charge in [-0.25, -0.2) is 4.79 Å². The van der Waals surface area contributed by atoms with E-state index < -0.39 is 24.0 Å². The minimum atomic E-state index is -0.817. The number of carbonyl (C=O) groups excluding carboxylic acids is 2. The summed E-state index contributed by atoms with van der Waals surface area (Å²) in [6.07, 6.45) is 2.80. The molecule has 33 heavy (non-hydrogen) atoms. The van der Waals surface area contributed by atoms with Gasteiger partial charge >= 0.3 is 12.1 Å². The molecule has 5 rings (SSSR count). The van der Waals surface area contributed by atoms with E-state index in [0.29, 0.717) is 19.3 Å². The zero-order chi connectivity index (χ0) is 22.9. The summed E-state index contributed by atoms with van der Waals surface area (Å²) in [5.41, 5.74) is 4.59. The van der Waals surface area contributed by atoms with Crippen LogP contribution in [0.15, 0.2) is 48.5 Å². The highest BCUT2D eigenvalue weighted by Gasteiger charge is 2.40. The van der Waals surface area contributed by atoms with Crippen molar-refractivity contribution >= 4 is 18.0 Å². The molecule has 2 amide bonds. The Morgan fingerprint density at radius 2 is 1.58 bits per heavy atom. The predicted molar refractivity (Wildman–Crippen MR) is 122 cm³/mol. The smallest absolute Gasteiger partial charge is 0.407 e. The maximum Gasteiger partial charge on any atom is 0.407 e. The molecule has 0 radical (unpaired) electrons. The normalized spacial score (nSPS) is 22.2. The minimum absolute atomic E-state index is 0.0391. The number of carbonyl (C=O) groups is 3. The lowest BCUT2D eigenvalue weighted by Crippen LogP contribution is -2.50. The van der Waals surface area contributed by atoms with E-state index in [4.69, 9.17) is 4.74 Å². The fourth-order valence-electron chi connectivity index (χ4n) is 5.22. The zero-order valence-corrected chi connectivity index (χ0v) is 18.3. The van der Waals surface area contributed by atoms with E-state index in [0.717, 1.165) is 35.1 Å². The van der Waals surface area contributed by atoms with Crippen LogP contribution in [0.4, 0.5) is 4.79 Å². The number of amides is 2. The molecule has 2 aromatic carbocycles. The molecule has 0 spiro atoms. The van der Waals surface area contributed by atoms with E-state index in [9.17, 15) is 19.5 Å². The third-order valence-electron chi connectivity index (χ3n) is 7.12. The van der Waals surface area contributed by atoms with E-state index in [1.807, 2.05) is 24.3 Å². The van der Waals surface area contributed by atoms with E-state index >= 15 is 0 Å². The fraction of sp³-hybridized carbons (Fsp3) is 0.423. The number of carboxylic acids is 1. The molecule has 3 atom stereocenters. The second kappa shape index (κ2) is 8.89. The maximum atomic E-state index is 12.9. The van der Waals surface area contributed by atoms with Crippen molar-refractivity contribution < 1.29 is 24.2 Å². The lowest BCUT2D eigenvalue weighted by atomic mass is 9.98. The van der Waals surface area contributed by atoms with Gasteiger partial charge in [0.05, 0.1) is 5.92 Å². The van der Waals surface area contributed by atoms with Crippen molar-refractivity contribution in [2.45, 2.75) is 50.1 Å². The number of aliphatic carboxylic acids is 1. The molecule has 7 heteroatoms. The van der Waals surface area contributed by atoms with Crippen LogP contribution >= 0.6 is 0 Å². The van der Waals surface area contributed by atoms with Crippen molar-refractivity contribution in [1.82, 2.24) is 10.6 Å². The van der Waals surface area contributed by atoms with Gasteiger partial charge in [-0.15, -0.1) is 0 Å². The van der Waals surface area contributed by atoms with Crippen LogP contribution in [0, 0.1) is 11.8 Å². The third kappa shape index (κ3) is 4.45. The number of benzene rings is 2. The van der Waals surface area contributed by atoms with Crippen molar-refractivity contribution in [3.05, 3.63) is 59.7 Å². The first-order chi connectivity index (χ1) is 16.0. The van der Waals surface area contributed by atoms with Gasteiger partial charge in [-0.3, -0.25) is 9.59 Å². The molecule has 3 aliphatic carbocycles. The van der Waals surface area contributed by atoms with Crippen LogP contribution in [-0.2, 0) is 14.3 Å². The average Bonchev–Trinajstić information content (AvgIpc) is 3.46. The quantitative estimate of drug-likeness (QED) is 0.599. The van der Waals surface area contributed by atoms with E-state index in [1.54, 1.807) is 0 Å². The fourth-order valence-corrected chi connectivity index (χ4v) is 5.22. The summed E-state index contributed by atoms with van der Waals surface area (Å²) in [5, 5.41) is 14.9. The van der Waals surface area contributed by atoms with Crippen molar-refractivity contribution in [2.24, 2.45) is 11.8 Å². The maximum absolute atomic E-state index is 12.9. The van der Waals surface area contributed by atoms with Crippen molar-refractivity contribution in [1.29, 1.82) is 0 Å². The number of hydrogen-bond acceptors (Lipinski definition) is 4. The molecular weight excluding hydrogens is 420 g/mol. The largest absolute Gasteiger partial charge is 0.481 e. The molecule has 0 aliphatic heterocycles. The van der Waals surface area contributed by atoms with Gasteiger partial charge in [0.15, 0.2) is 0 Å². The number of ether oxygens (including phenoxy) is 1. The van der Waals surface area contributed by atoms with Crippen LogP contribution in [0.1, 0.15) is 49.1 Å². The van der Waals surface area contributed by atoms with Gasteiger partial charge in [0.1, 0.15) is 12.6 Å². The van der Waals surface area contributed by atoms with Crippen molar-refractivity contribution in [3.8, 4) is 11.1 Å². The standard InChI is InChI=1S/C26H28N2O5/c29-24(27-17-12-11-16(13-17)25(30)31)23(15-9-10-15)28-26(32)33-14-22-20-7-3-1-5-18(20)19-6-2-4-8-21(19)22/h1-8,15-17,22-23H,9-14H2,(H,27,29)(H,28,32)(H,30,31). The topological polar surface area (TPSA) is 105 Å². The third-order valence-corrected chi connectivity index (χ3v) is 7.12. The summed E-state index contributed by atoms with van der Waals surface area (Å²) in [7, 11) is 0. The Morgan fingerprint density at radius 3 is 2.15 bits per heavy atom. The number of carboxylic acid groups (broad SMARTS) is 1. The van der Waals surface area contributed by atoms with E-state index in [1.165, 1.54) is 0 Å². The number of rotatable bonds is 7. The average molecular weight is 449 g/mol. The molecule has 2 aromatic rings. The van der Waals surface area contributed by atoms with Gasteiger partial charge in [-0.05, 0) is 60.3 Å². The summed E-state index contributed by atoms with van der Waals surface area (Å²) in [6.45, 7) is 0.196.